The van der Waals surface area contributed by atoms with Crippen LogP contribution in [0.3, 0.4) is 0 Å². The summed E-state index contributed by atoms with van der Waals surface area (Å²) in [5, 5.41) is 4.05. The first kappa shape index (κ1) is 15.7. The number of anilines is 1. The summed E-state index contributed by atoms with van der Waals surface area (Å²) in [5.74, 6) is 2.90. The summed E-state index contributed by atoms with van der Waals surface area (Å²) in [6.07, 6.45) is 7.89. The Balaban J connectivity index is 1.58. The lowest BCUT2D eigenvalue weighted by Crippen LogP contribution is -2.23. The van der Waals surface area contributed by atoms with Crippen molar-refractivity contribution in [3.8, 4) is 11.4 Å². The van der Waals surface area contributed by atoms with E-state index in [0.717, 1.165) is 30.0 Å². The second kappa shape index (κ2) is 6.58. The summed E-state index contributed by atoms with van der Waals surface area (Å²) >= 11 is 0. The summed E-state index contributed by atoms with van der Waals surface area (Å²) in [4.78, 5) is 19.9. The Hall–Kier alpha value is -2.83. The molecule has 7 nitrogen and oxygen atoms in total. The number of hydrogen-bond donors (Lipinski definition) is 0. The monoisotopic (exact) mass is 336 g/mol. The molecule has 0 spiro atoms. The second-order valence-corrected chi connectivity index (χ2v) is 6.34. The molecule has 4 rings (SSSR count). The topological polar surface area (TPSA) is 80.8 Å². The number of rotatable bonds is 4. The van der Waals surface area contributed by atoms with Crippen LogP contribution in [0, 0.1) is 6.92 Å². The standard InChI is InChI=1S/C18H20N6O/c1-12-20-15-8-4-3-7-14(15)18(21-12)24(2)11-16-22-17(23-25-16)13-6-5-9-19-10-13/h5-6,9-10H,3-4,7-8,11H2,1-2H3. The molecule has 0 saturated heterocycles. The first-order valence-corrected chi connectivity index (χ1v) is 8.51. The van der Waals surface area contributed by atoms with E-state index in [0.29, 0.717) is 18.3 Å². The number of aromatic nitrogens is 5. The Morgan fingerprint density at radius 3 is 2.88 bits per heavy atom. The van der Waals surface area contributed by atoms with E-state index in [1.807, 2.05) is 26.1 Å². The predicted molar refractivity (Wildman–Crippen MR) is 93.0 cm³/mol. The van der Waals surface area contributed by atoms with Gasteiger partial charge in [-0.1, -0.05) is 5.16 Å². The first-order chi connectivity index (χ1) is 12.2. The average Bonchev–Trinajstić information content (AvgIpc) is 3.10. The van der Waals surface area contributed by atoms with E-state index >= 15 is 0 Å². The summed E-state index contributed by atoms with van der Waals surface area (Å²) in [5.41, 5.74) is 3.28. The van der Waals surface area contributed by atoms with Gasteiger partial charge in [0.2, 0.25) is 11.7 Å². The highest BCUT2D eigenvalue weighted by Crippen LogP contribution is 2.28. The summed E-state index contributed by atoms with van der Waals surface area (Å²) in [6.45, 7) is 2.45. The molecule has 1 aliphatic carbocycles. The van der Waals surface area contributed by atoms with Crippen LogP contribution in [0.15, 0.2) is 29.0 Å². The van der Waals surface area contributed by atoms with E-state index in [-0.39, 0.29) is 0 Å². The minimum absolute atomic E-state index is 0.510. The molecule has 0 bridgehead atoms. The maximum absolute atomic E-state index is 5.41. The highest BCUT2D eigenvalue weighted by atomic mass is 16.5. The molecule has 3 aromatic heterocycles. The molecular weight excluding hydrogens is 316 g/mol. The molecule has 1 aliphatic rings. The SMILES string of the molecule is Cc1nc2c(c(N(C)Cc3nc(-c4cccnc4)no3)n1)CCCC2. The molecule has 25 heavy (non-hydrogen) atoms. The Morgan fingerprint density at radius 2 is 2.04 bits per heavy atom. The van der Waals surface area contributed by atoms with Crippen molar-refractivity contribution in [3.63, 3.8) is 0 Å². The molecule has 0 unspecified atom stereocenters. The molecule has 0 aromatic carbocycles. The van der Waals surface area contributed by atoms with Crippen molar-refractivity contribution in [2.75, 3.05) is 11.9 Å². The molecular formula is C18H20N6O. The van der Waals surface area contributed by atoms with Gasteiger partial charge in [-0.25, -0.2) is 9.97 Å². The molecule has 7 heteroatoms. The zero-order valence-electron chi connectivity index (χ0n) is 14.4. The van der Waals surface area contributed by atoms with Crippen LogP contribution >= 0.6 is 0 Å². The van der Waals surface area contributed by atoms with Gasteiger partial charge in [0.1, 0.15) is 11.6 Å². The van der Waals surface area contributed by atoms with Gasteiger partial charge in [0, 0.05) is 36.3 Å². The van der Waals surface area contributed by atoms with Crippen LogP contribution in [0.4, 0.5) is 5.82 Å². The predicted octanol–water partition coefficient (Wildman–Crippen LogP) is 2.75. The molecule has 0 N–H and O–H groups in total. The van der Waals surface area contributed by atoms with Crippen LogP contribution in [0.25, 0.3) is 11.4 Å². The lowest BCUT2D eigenvalue weighted by molar-refractivity contribution is 0.378. The van der Waals surface area contributed by atoms with Crippen LogP contribution in [-0.2, 0) is 19.4 Å². The third-order valence-electron chi connectivity index (χ3n) is 4.39. The number of hydrogen-bond acceptors (Lipinski definition) is 7. The van der Waals surface area contributed by atoms with Crippen LogP contribution in [0.2, 0.25) is 0 Å². The number of aryl methyl sites for hydroxylation is 2. The Labute approximate surface area is 146 Å². The molecule has 0 amide bonds. The van der Waals surface area contributed by atoms with Crippen molar-refractivity contribution in [1.82, 2.24) is 25.1 Å². The van der Waals surface area contributed by atoms with Gasteiger partial charge in [-0.2, -0.15) is 4.98 Å². The molecule has 0 fully saturated rings. The fraction of sp³-hybridized carbons (Fsp3) is 0.389. The quantitative estimate of drug-likeness (QED) is 0.724. The minimum atomic E-state index is 0.510. The number of pyridine rings is 1. The van der Waals surface area contributed by atoms with Crippen molar-refractivity contribution < 1.29 is 4.52 Å². The van der Waals surface area contributed by atoms with Gasteiger partial charge in [-0.05, 0) is 44.7 Å². The van der Waals surface area contributed by atoms with E-state index < -0.39 is 0 Å². The normalized spacial score (nSPS) is 13.5. The molecule has 3 heterocycles. The fourth-order valence-corrected chi connectivity index (χ4v) is 3.22. The first-order valence-electron chi connectivity index (χ1n) is 8.51. The number of fused-ring (bicyclic) bond motifs is 1. The number of nitrogens with zero attached hydrogens (tertiary/aromatic N) is 6. The van der Waals surface area contributed by atoms with E-state index in [1.54, 1.807) is 12.4 Å². The third-order valence-corrected chi connectivity index (χ3v) is 4.39. The largest absolute Gasteiger partial charge is 0.350 e. The van der Waals surface area contributed by atoms with E-state index in [9.17, 15) is 0 Å². The molecule has 0 radical (unpaired) electrons. The van der Waals surface area contributed by atoms with Crippen LogP contribution < -0.4 is 4.90 Å². The Morgan fingerprint density at radius 1 is 1.16 bits per heavy atom. The van der Waals surface area contributed by atoms with Gasteiger partial charge in [0.15, 0.2) is 0 Å². The molecule has 0 atom stereocenters. The van der Waals surface area contributed by atoms with Gasteiger partial charge in [-0.15, -0.1) is 0 Å². The zero-order chi connectivity index (χ0) is 17.2. The van der Waals surface area contributed by atoms with E-state index in [4.69, 9.17) is 4.52 Å². The van der Waals surface area contributed by atoms with Gasteiger partial charge < -0.3 is 9.42 Å². The summed E-state index contributed by atoms with van der Waals surface area (Å²) in [7, 11) is 2.00. The van der Waals surface area contributed by atoms with Crippen molar-refractivity contribution >= 4 is 5.82 Å². The van der Waals surface area contributed by atoms with E-state index in [1.165, 1.54) is 24.1 Å². The molecule has 0 aliphatic heterocycles. The third kappa shape index (κ3) is 3.22. The molecule has 0 saturated carbocycles. The molecule has 3 aromatic rings. The summed E-state index contributed by atoms with van der Waals surface area (Å²) < 4.78 is 5.41. The van der Waals surface area contributed by atoms with Crippen LogP contribution in [0.5, 0.6) is 0 Å². The van der Waals surface area contributed by atoms with Gasteiger partial charge in [-0.3, -0.25) is 4.98 Å². The lowest BCUT2D eigenvalue weighted by Gasteiger charge is -2.24. The average molecular weight is 336 g/mol. The van der Waals surface area contributed by atoms with Gasteiger partial charge >= 0.3 is 0 Å². The van der Waals surface area contributed by atoms with Crippen molar-refractivity contribution in [2.45, 2.75) is 39.2 Å². The smallest absolute Gasteiger partial charge is 0.246 e. The van der Waals surface area contributed by atoms with Crippen molar-refractivity contribution in [3.05, 3.63) is 47.5 Å². The second-order valence-electron chi connectivity index (χ2n) is 6.34. The Bertz CT molecular complexity index is 877. The van der Waals surface area contributed by atoms with Crippen LogP contribution in [0.1, 0.15) is 35.8 Å². The summed E-state index contributed by atoms with van der Waals surface area (Å²) in [6, 6.07) is 3.77. The highest BCUT2D eigenvalue weighted by molar-refractivity contribution is 5.52. The highest BCUT2D eigenvalue weighted by Gasteiger charge is 2.20. The maximum Gasteiger partial charge on any atom is 0.246 e. The van der Waals surface area contributed by atoms with E-state index in [2.05, 4.69) is 30.0 Å². The Kier molecular flexibility index (Phi) is 4.13. The zero-order valence-corrected chi connectivity index (χ0v) is 14.4. The molecule has 128 valence electrons. The van der Waals surface area contributed by atoms with Crippen LogP contribution in [-0.4, -0.2) is 32.1 Å². The lowest BCUT2D eigenvalue weighted by atomic mass is 9.96. The van der Waals surface area contributed by atoms with Gasteiger partial charge in [0.05, 0.1) is 6.54 Å². The van der Waals surface area contributed by atoms with Crippen molar-refractivity contribution in [1.29, 1.82) is 0 Å². The van der Waals surface area contributed by atoms with Crippen molar-refractivity contribution in [2.24, 2.45) is 0 Å². The maximum atomic E-state index is 5.41. The minimum Gasteiger partial charge on any atom is -0.350 e. The van der Waals surface area contributed by atoms with Gasteiger partial charge in [0.25, 0.3) is 0 Å². The fourth-order valence-electron chi connectivity index (χ4n) is 3.22.